The molecule has 0 aliphatic carbocycles. The zero-order valence-corrected chi connectivity index (χ0v) is 19.8. The topological polar surface area (TPSA) is 85.0 Å². The van der Waals surface area contributed by atoms with Gasteiger partial charge in [-0.1, -0.05) is 12.1 Å². The Labute approximate surface area is 197 Å². The van der Waals surface area contributed by atoms with E-state index in [-0.39, 0.29) is 16.8 Å². The number of fused-ring (bicyclic) bond motifs is 1. The second kappa shape index (κ2) is 9.16. The Balaban J connectivity index is 1.18. The molecule has 34 heavy (non-hydrogen) atoms. The van der Waals surface area contributed by atoms with Crippen LogP contribution in [-0.4, -0.2) is 60.5 Å². The lowest BCUT2D eigenvalue weighted by Crippen LogP contribution is -2.50. The smallest absolute Gasteiger partial charge is 0.419 e. The molecule has 0 N–H and O–H groups in total. The normalized spacial score (nSPS) is 19.6. The van der Waals surface area contributed by atoms with Crippen molar-refractivity contribution >= 4 is 21.1 Å². The Morgan fingerprint density at radius 1 is 1.00 bits per heavy atom. The molecule has 0 amide bonds. The van der Waals surface area contributed by atoms with Crippen molar-refractivity contribution in [3.8, 4) is 5.75 Å². The minimum atomic E-state index is -3.66. The number of nitrogens with zero attached hydrogens (tertiary/aromatic N) is 3. The lowest BCUT2D eigenvalue weighted by Gasteiger charge is -2.41. The first-order valence-electron chi connectivity index (χ1n) is 11.6. The summed E-state index contributed by atoms with van der Waals surface area (Å²) in [5.74, 6) is -0.561. The molecule has 10 heteroatoms. The zero-order chi connectivity index (χ0) is 23.9. The molecule has 5 rings (SSSR count). The molecular formula is C24H28FN3O5S. The van der Waals surface area contributed by atoms with E-state index in [2.05, 4.69) is 4.90 Å². The first-order valence-corrected chi connectivity index (χ1v) is 13.0. The van der Waals surface area contributed by atoms with Crippen molar-refractivity contribution in [1.29, 1.82) is 0 Å². The molecule has 0 bridgehead atoms. The van der Waals surface area contributed by atoms with E-state index in [9.17, 15) is 17.6 Å². The van der Waals surface area contributed by atoms with E-state index in [1.165, 1.54) is 33.1 Å². The van der Waals surface area contributed by atoms with Crippen molar-refractivity contribution in [2.45, 2.75) is 42.7 Å². The number of oxazole rings is 1. The van der Waals surface area contributed by atoms with Crippen LogP contribution in [0.5, 0.6) is 5.75 Å². The predicted molar refractivity (Wildman–Crippen MR) is 125 cm³/mol. The third kappa shape index (κ3) is 4.37. The lowest BCUT2D eigenvalue weighted by molar-refractivity contribution is 0.0568. The molecule has 0 spiro atoms. The second-order valence-corrected chi connectivity index (χ2v) is 10.9. The summed E-state index contributed by atoms with van der Waals surface area (Å²) in [5.41, 5.74) is 0.828. The molecule has 2 saturated heterocycles. The maximum atomic E-state index is 13.9. The van der Waals surface area contributed by atoms with Crippen molar-refractivity contribution < 1.29 is 22.0 Å². The third-order valence-electron chi connectivity index (χ3n) is 6.95. The van der Waals surface area contributed by atoms with E-state index < -0.39 is 15.8 Å². The van der Waals surface area contributed by atoms with Gasteiger partial charge in [0.15, 0.2) is 17.1 Å². The third-order valence-corrected chi connectivity index (χ3v) is 8.84. The number of sulfonamides is 1. The van der Waals surface area contributed by atoms with Crippen LogP contribution in [-0.2, 0) is 17.1 Å². The molecule has 8 nitrogen and oxygen atoms in total. The molecule has 0 radical (unpaired) electrons. The molecule has 0 unspecified atom stereocenters. The van der Waals surface area contributed by atoms with Crippen LogP contribution in [0.3, 0.4) is 0 Å². The van der Waals surface area contributed by atoms with Crippen LogP contribution in [0.15, 0.2) is 56.6 Å². The highest BCUT2D eigenvalue weighted by Gasteiger charge is 2.33. The summed E-state index contributed by atoms with van der Waals surface area (Å²) < 4.78 is 54.1. The molecule has 2 fully saturated rings. The summed E-state index contributed by atoms with van der Waals surface area (Å²) >= 11 is 0. The molecule has 2 aliphatic heterocycles. The number of para-hydroxylation sites is 1. The van der Waals surface area contributed by atoms with Crippen molar-refractivity contribution in [3.05, 3.63) is 58.8 Å². The number of halogens is 1. The molecule has 3 aromatic rings. The van der Waals surface area contributed by atoms with Gasteiger partial charge in [-0.05, 0) is 56.0 Å². The fourth-order valence-corrected chi connectivity index (χ4v) is 6.43. The minimum Gasteiger partial charge on any atom is -0.487 e. The van der Waals surface area contributed by atoms with Crippen molar-refractivity contribution in [3.63, 3.8) is 0 Å². The number of aromatic nitrogens is 1. The van der Waals surface area contributed by atoms with Crippen LogP contribution in [0.4, 0.5) is 4.39 Å². The van der Waals surface area contributed by atoms with Crippen molar-refractivity contribution in [1.82, 2.24) is 13.8 Å². The number of piperidine rings is 2. The number of benzene rings is 2. The Morgan fingerprint density at radius 2 is 1.71 bits per heavy atom. The number of hydrogen-bond acceptors (Lipinski definition) is 6. The van der Waals surface area contributed by atoms with E-state index in [1.807, 2.05) is 0 Å². The van der Waals surface area contributed by atoms with Gasteiger partial charge in [-0.15, -0.1) is 0 Å². The Hall–Kier alpha value is -2.69. The highest BCUT2D eigenvalue weighted by molar-refractivity contribution is 7.89. The number of aryl methyl sites for hydroxylation is 1. The minimum absolute atomic E-state index is 0.0116. The number of ether oxygens (including phenoxy) is 1. The number of rotatable bonds is 5. The molecule has 182 valence electrons. The molecule has 0 saturated carbocycles. The average Bonchev–Trinajstić information content (AvgIpc) is 3.14. The fraction of sp³-hybridized carbons (Fsp3) is 0.458. The van der Waals surface area contributed by atoms with Crippen LogP contribution in [0.25, 0.3) is 11.1 Å². The molecular weight excluding hydrogens is 461 g/mol. The van der Waals surface area contributed by atoms with Gasteiger partial charge >= 0.3 is 5.76 Å². The first-order chi connectivity index (χ1) is 16.3. The zero-order valence-electron chi connectivity index (χ0n) is 19.0. The van der Waals surface area contributed by atoms with Gasteiger partial charge in [0.05, 0.1) is 10.4 Å². The maximum absolute atomic E-state index is 13.9. The van der Waals surface area contributed by atoms with Gasteiger partial charge in [-0.3, -0.25) is 4.57 Å². The monoisotopic (exact) mass is 489 g/mol. The van der Waals surface area contributed by atoms with E-state index in [0.29, 0.717) is 36.0 Å². The Bertz CT molecular complexity index is 1340. The quantitative estimate of drug-likeness (QED) is 0.548. The predicted octanol–water partition coefficient (Wildman–Crippen LogP) is 2.97. The van der Waals surface area contributed by atoms with Gasteiger partial charge in [-0.25, -0.2) is 17.6 Å². The molecule has 1 aromatic heterocycles. The largest absolute Gasteiger partial charge is 0.487 e. The van der Waals surface area contributed by atoms with Gasteiger partial charge in [0, 0.05) is 39.3 Å². The van der Waals surface area contributed by atoms with Crippen LogP contribution < -0.4 is 10.5 Å². The fourth-order valence-electron chi connectivity index (χ4n) is 4.94. The van der Waals surface area contributed by atoms with Crippen molar-refractivity contribution in [2.24, 2.45) is 7.05 Å². The lowest BCUT2D eigenvalue weighted by atomic mass is 10.00. The molecule has 2 aromatic carbocycles. The number of hydrogen-bond donors (Lipinski definition) is 0. The van der Waals surface area contributed by atoms with Crippen LogP contribution in [0, 0.1) is 5.82 Å². The summed E-state index contributed by atoms with van der Waals surface area (Å²) in [5, 5.41) is 0. The summed E-state index contributed by atoms with van der Waals surface area (Å²) in [6.45, 7) is 2.59. The van der Waals surface area contributed by atoms with E-state index in [0.717, 1.165) is 38.8 Å². The van der Waals surface area contributed by atoms with Gasteiger partial charge in [-0.2, -0.15) is 4.31 Å². The Morgan fingerprint density at radius 3 is 2.41 bits per heavy atom. The van der Waals surface area contributed by atoms with E-state index >= 15 is 0 Å². The van der Waals surface area contributed by atoms with E-state index in [4.69, 9.17) is 9.15 Å². The number of likely N-dealkylation sites (tertiary alicyclic amines) is 1. The van der Waals surface area contributed by atoms with Crippen LogP contribution >= 0.6 is 0 Å². The van der Waals surface area contributed by atoms with Crippen molar-refractivity contribution in [2.75, 3.05) is 26.2 Å². The standard InChI is InChI=1S/C24H28FN3O5S/c1-26-21-16-19(6-7-23(21)33-24(26)29)34(30,31)28-14-8-17(9-15-28)27-12-10-18(11-13-27)32-22-5-3-2-4-20(22)25/h2-7,16-18H,8-15H2,1H3. The van der Waals surface area contributed by atoms with Crippen LogP contribution in [0.1, 0.15) is 25.7 Å². The van der Waals surface area contributed by atoms with Gasteiger partial charge in [0.1, 0.15) is 6.10 Å². The van der Waals surface area contributed by atoms with Gasteiger partial charge in [0.25, 0.3) is 0 Å². The SMILES string of the molecule is Cn1c(=O)oc2ccc(S(=O)(=O)N3CCC(N4CCC(Oc5ccccc5F)CC4)CC3)cc21. The maximum Gasteiger partial charge on any atom is 0.419 e. The molecule has 3 heterocycles. The van der Waals surface area contributed by atoms with Gasteiger partial charge in [0.2, 0.25) is 10.0 Å². The summed E-state index contributed by atoms with van der Waals surface area (Å²) in [6.07, 6.45) is 3.13. The summed E-state index contributed by atoms with van der Waals surface area (Å²) in [4.78, 5) is 14.3. The molecule has 0 atom stereocenters. The summed E-state index contributed by atoms with van der Waals surface area (Å²) in [7, 11) is -2.10. The molecule has 2 aliphatic rings. The first kappa shape index (κ1) is 23.1. The van der Waals surface area contributed by atoms with E-state index in [1.54, 1.807) is 25.2 Å². The second-order valence-electron chi connectivity index (χ2n) is 8.98. The Kier molecular flexibility index (Phi) is 6.22. The highest BCUT2D eigenvalue weighted by atomic mass is 32.2. The van der Waals surface area contributed by atoms with Crippen LogP contribution in [0.2, 0.25) is 0 Å². The van der Waals surface area contributed by atoms with Gasteiger partial charge < -0.3 is 14.1 Å². The average molecular weight is 490 g/mol. The highest BCUT2D eigenvalue weighted by Crippen LogP contribution is 2.28. The summed E-state index contributed by atoms with van der Waals surface area (Å²) in [6, 6.07) is 11.3.